The van der Waals surface area contributed by atoms with Gasteiger partial charge in [0.15, 0.2) is 0 Å². The van der Waals surface area contributed by atoms with Crippen LogP contribution in [0.1, 0.15) is 71.3 Å². The van der Waals surface area contributed by atoms with Gasteiger partial charge in [-0.3, -0.25) is 0 Å². The number of unbranched alkanes of at least 4 members (excludes halogenated alkanes) is 3. The van der Waals surface area contributed by atoms with E-state index in [0.717, 1.165) is 12.5 Å². The molecule has 0 radical (unpaired) electrons. The monoisotopic (exact) mass is 286 g/mol. The van der Waals surface area contributed by atoms with Crippen molar-refractivity contribution in [3.8, 4) is 0 Å². The molecule has 21 heavy (non-hydrogen) atoms. The number of hydrogen-bond acceptors (Lipinski definition) is 0. The highest BCUT2D eigenvalue weighted by molar-refractivity contribution is 6.60. The highest BCUT2D eigenvalue weighted by Gasteiger charge is 2.24. The van der Waals surface area contributed by atoms with Gasteiger partial charge >= 0.3 is 0 Å². The van der Waals surface area contributed by atoms with Crippen LogP contribution in [-0.4, -0.2) is 6.71 Å². The maximum absolute atomic E-state index is 2.33. The van der Waals surface area contributed by atoms with Gasteiger partial charge in [0, 0.05) is 0 Å². The summed E-state index contributed by atoms with van der Waals surface area (Å²) in [6.07, 6.45) is 13.8. The summed E-state index contributed by atoms with van der Waals surface area (Å²) in [4.78, 5) is 0. The largest absolute Gasteiger partial charge is 0.143 e. The van der Waals surface area contributed by atoms with Gasteiger partial charge in [-0.05, 0) is 12.0 Å². The summed E-state index contributed by atoms with van der Waals surface area (Å²) in [5.74, 6) is 0.894. The second-order valence-electron chi connectivity index (χ2n) is 6.64. The Morgan fingerprint density at radius 3 is 1.90 bits per heavy atom. The van der Waals surface area contributed by atoms with Crippen LogP contribution in [0.15, 0.2) is 30.3 Å². The molecule has 0 N–H and O–H groups in total. The number of rotatable bonds is 12. The van der Waals surface area contributed by atoms with Crippen LogP contribution in [0, 0.1) is 0 Å². The SMILES string of the molecule is CCCCB(CCCC)C(CCCC)Cc1ccccc1. The molecule has 0 nitrogen and oxygen atoms in total. The molecule has 118 valence electrons. The van der Waals surface area contributed by atoms with E-state index in [4.69, 9.17) is 0 Å². The van der Waals surface area contributed by atoms with E-state index in [2.05, 4.69) is 51.1 Å². The van der Waals surface area contributed by atoms with Crippen LogP contribution >= 0.6 is 0 Å². The smallest absolute Gasteiger partial charge is 0.0739 e. The predicted molar refractivity (Wildman–Crippen MR) is 98.6 cm³/mol. The molecule has 1 atom stereocenters. The lowest BCUT2D eigenvalue weighted by Gasteiger charge is -2.25. The summed E-state index contributed by atoms with van der Waals surface area (Å²) >= 11 is 0. The van der Waals surface area contributed by atoms with Crippen molar-refractivity contribution in [2.45, 2.75) is 90.6 Å². The fourth-order valence-corrected chi connectivity index (χ4v) is 3.44. The van der Waals surface area contributed by atoms with Gasteiger partial charge in [0.25, 0.3) is 0 Å². The first-order chi connectivity index (χ1) is 10.3. The Labute approximate surface area is 133 Å². The van der Waals surface area contributed by atoms with Crippen LogP contribution in [0.5, 0.6) is 0 Å². The van der Waals surface area contributed by atoms with Gasteiger partial charge in [-0.1, -0.05) is 115 Å². The Morgan fingerprint density at radius 2 is 1.38 bits per heavy atom. The zero-order valence-electron chi connectivity index (χ0n) is 14.6. The molecule has 0 aliphatic heterocycles. The lowest BCUT2D eigenvalue weighted by atomic mass is 9.34. The minimum absolute atomic E-state index is 0.894. The lowest BCUT2D eigenvalue weighted by molar-refractivity contribution is 0.643. The van der Waals surface area contributed by atoms with Gasteiger partial charge in [0.2, 0.25) is 0 Å². The molecule has 1 rings (SSSR count). The van der Waals surface area contributed by atoms with Crippen molar-refractivity contribution >= 4 is 6.71 Å². The molecule has 0 spiro atoms. The van der Waals surface area contributed by atoms with Crippen molar-refractivity contribution in [1.29, 1.82) is 0 Å². The number of hydrogen-bond donors (Lipinski definition) is 0. The highest BCUT2D eigenvalue weighted by Crippen LogP contribution is 2.30. The zero-order valence-corrected chi connectivity index (χ0v) is 14.6. The van der Waals surface area contributed by atoms with Crippen LogP contribution < -0.4 is 0 Å². The molecule has 0 fully saturated rings. The van der Waals surface area contributed by atoms with Crippen LogP contribution in [0.2, 0.25) is 18.5 Å². The third-order valence-electron chi connectivity index (χ3n) is 4.79. The summed E-state index contributed by atoms with van der Waals surface area (Å²) in [5, 5.41) is 0. The third-order valence-corrected chi connectivity index (χ3v) is 4.79. The minimum Gasteiger partial charge on any atom is -0.0739 e. The van der Waals surface area contributed by atoms with Crippen molar-refractivity contribution in [2.24, 2.45) is 0 Å². The first kappa shape index (κ1) is 18.3. The van der Waals surface area contributed by atoms with E-state index in [1.54, 1.807) is 0 Å². The van der Waals surface area contributed by atoms with Crippen molar-refractivity contribution in [1.82, 2.24) is 0 Å². The molecule has 0 saturated carbocycles. The third kappa shape index (κ3) is 7.74. The Morgan fingerprint density at radius 1 is 0.810 bits per heavy atom. The van der Waals surface area contributed by atoms with E-state index >= 15 is 0 Å². The Bertz CT molecular complexity index is 325. The van der Waals surface area contributed by atoms with Crippen molar-refractivity contribution in [3.05, 3.63) is 35.9 Å². The van der Waals surface area contributed by atoms with Gasteiger partial charge in [-0.15, -0.1) is 0 Å². The average molecular weight is 286 g/mol. The Hall–Kier alpha value is -0.715. The summed E-state index contributed by atoms with van der Waals surface area (Å²) < 4.78 is 0. The van der Waals surface area contributed by atoms with E-state index < -0.39 is 0 Å². The minimum atomic E-state index is 0.894. The molecule has 0 aliphatic carbocycles. The van der Waals surface area contributed by atoms with Crippen molar-refractivity contribution in [3.63, 3.8) is 0 Å². The second-order valence-corrected chi connectivity index (χ2v) is 6.64. The quantitative estimate of drug-likeness (QED) is 0.367. The van der Waals surface area contributed by atoms with Gasteiger partial charge in [0.1, 0.15) is 6.71 Å². The molecule has 1 aromatic carbocycles. The van der Waals surface area contributed by atoms with Crippen LogP contribution in [0.4, 0.5) is 0 Å². The Balaban J connectivity index is 2.69. The molecule has 1 unspecified atom stereocenters. The Kier molecular flexibility index (Phi) is 10.4. The van der Waals surface area contributed by atoms with Crippen molar-refractivity contribution < 1.29 is 0 Å². The molecule has 1 heteroatoms. The highest BCUT2D eigenvalue weighted by atomic mass is 14.1. The molecule has 0 bridgehead atoms. The summed E-state index contributed by atoms with van der Waals surface area (Å²) in [6.45, 7) is 7.92. The normalized spacial score (nSPS) is 12.3. The number of benzene rings is 1. The van der Waals surface area contributed by atoms with Gasteiger partial charge < -0.3 is 0 Å². The molecule has 1 aromatic rings. The van der Waals surface area contributed by atoms with E-state index in [9.17, 15) is 0 Å². The molecule has 0 aromatic heterocycles. The fourth-order valence-electron chi connectivity index (χ4n) is 3.44. The van der Waals surface area contributed by atoms with Crippen LogP contribution in [0.3, 0.4) is 0 Å². The van der Waals surface area contributed by atoms with Gasteiger partial charge in [-0.25, -0.2) is 0 Å². The lowest BCUT2D eigenvalue weighted by Crippen LogP contribution is -2.22. The van der Waals surface area contributed by atoms with E-state index in [0.29, 0.717) is 0 Å². The zero-order chi connectivity index (χ0) is 15.3. The standard InChI is InChI=1S/C20H35B/c1-4-7-15-20(18-19-13-11-10-12-14-19)21(16-8-5-2)17-9-6-3/h10-14,20H,4-9,15-18H2,1-3H3. The van der Waals surface area contributed by atoms with E-state index in [1.807, 2.05) is 0 Å². The second kappa shape index (κ2) is 11.9. The summed E-state index contributed by atoms with van der Waals surface area (Å²) in [6, 6.07) is 11.2. The van der Waals surface area contributed by atoms with Crippen LogP contribution in [0.25, 0.3) is 0 Å². The first-order valence-corrected chi connectivity index (χ1v) is 9.35. The molecular weight excluding hydrogens is 251 g/mol. The molecule has 0 amide bonds. The first-order valence-electron chi connectivity index (χ1n) is 9.35. The molecule has 0 saturated heterocycles. The van der Waals surface area contributed by atoms with E-state index in [-0.39, 0.29) is 0 Å². The fraction of sp³-hybridized carbons (Fsp3) is 0.700. The topological polar surface area (TPSA) is 0 Å². The maximum Gasteiger partial charge on any atom is 0.143 e. The average Bonchev–Trinajstić information content (AvgIpc) is 2.53. The van der Waals surface area contributed by atoms with Crippen molar-refractivity contribution in [2.75, 3.05) is 0 Å². The van der Waals surface area contributed by atoms with Gasteiger partial charge in [-0.2, -0.15) is 0 Å². The molecular formula is C20H35B. The predicted octanol–water partition coefficient (Wildman–Crippen LogP) is 6.88. The molecule has 0 heterocycles. The van der Waals surface area contributed by atoms with E-state index in [1.165, 1.54) is 69.6 Å². The van der Waals surface area contributed by atoms with Crippen LogP contribution in [-0.2, 0) is 6.42 Å². The van der Waals surface area contributed by atoms with Gasteiger partial charge in [0.05, 0.1) is 0 Å². The molecule has 0 aliphatic rings. The maximum atomic E-state index is 2.33. The summed E-state index contributed by atoms with van der Waals surface area (Å²) in [7, 11) is 0. The summed E-state index contributed by atoms with van der Waals surface area (Å²) in [5.41, 5.74) is 1.54.